The van der Waals surface area contributed by atoms with Crippen molar-refractivity contribution in [3.8, 4) is 0 Å². The Balaban J connectivity index is 1.58. The molecule has 6 heteroatoms. The van der Waals surface area contributed by atoms with Crippen LogP contribution < -0.4 is 5.32 Å². The lowest BCUT2D eigenvalue weighted by atomic mass is 10.1. The van der Waals surface area contributed by atoms with Gasteiger partial charge in [0.2, 0.25) is 5.91 Å². The Labute approximate surface area is 137 Å². The van der Waals surface area contributed by atoms with Crippen molar-refractivity contribution in [2.75, 3.05) is 19.8 Å². The quantitative estimate of drug-likeness (QED) is 0.864. The Hall–Kier alpha value is -1.40. The maximum Gasteiger partial charge on any atom is 0.220 e. The fourth-order valence-electron chi connectivity index (χ4n) is 3.35. The molecule has 1 aromatic rings. The van der Waals surface area contributed by atoms with Crippen LogP contribution in [0.3, 0.4) is 0 Å². The van der Waals surface area contributed by atoms with Crippen molar-refractivity contribution in [2.45, 2.75) is 64.6 Å². The van der Waals surface area contributed by atoms with Crippen LogP contribution in [0.25, 0.3) is 0 Å². The summed E-state index contributed by atoms with van der Waals surface area (Å²) in [7, 11) is 0. The van der Waals surface area contributed by atoms with E-state index in [2.05, 4.69) is 16.9 Å². The highest BCUT2D eigenvalue weighted by Crippen LogP contribution is 2.22. The van der Waals surface area contributed by atoms with E-state index < -0.39 is 0 Å². The molecule has 0 unspecified atom stereocenters. The summed E-state index contributed by atoms with van der Waals surface area (Å²) < 4.78 is 13.0. The molecule has 1 fully saturated rings. The fourth-order valence-corrected chi connectivity index (χ4v) is 3.35. The second-order valence-corrected chi connectivity index (χ2v) is 6.35. The minimum absolute atomic E-state index is 0.118. The molecule has 0 bridgehead atoms. The molecule has 0 radical (unpaired) electrons. The first-order valence-electron chi connectivity index (χ1n) is 8.80. The van der Waals surface area contributed by atoms with Gasteiger partial charge in [0.1, 0.15) is 0 Å². The first kappa shape index (κ1) is 16.5. The molecule has 2 aliphatic heterocycles. The summed E-state index contributed by atoms with van der Waals surface area (Å²) in [6.07, 6.45) is 5.01. The van der Waals surface area contributed by atoms with Crippen LogP contribution in [0.4, 0.5) is 0 Å². The third-order valence-corrected chi connectivity index (χ3v) is 4.59. The molecular formula is C17H27N3O3. The van der Waals surface area contributed by atoms with E-state index in [1.165, 1.54) is 11.3 Å². The van der Waals surface area contributed by atoms with Crippen LogP contribution in [-0.4, -0.2) is 41.6 Å². The molecule has 1 saturated heterocycles. The first-order valence-corrected chi connectivity index (χ1v) is 8.80. The third-order valence-electron chi connectivity index (χ3n) is 4.59. The zero-order valence-electron chi connectivity index (χ0n) is 14.0. The first-order chi connectivity index (χ1) is 11.3. The van der Waals surface area contributed by atoms with Gasteiger partial charge in [0.05, 0.1) is 18.9 Å². The molecule has 0 aliphatic carbocycles. The number of rotatable bonds is 6. The van der Waals surface area contributed by atoms with Gasteiger partial charge in [0.15, 0.2) is 0 Å². The van der Waals surface area contributed by atoms with Gasteiger partial charge in [-0.2, -0.15) is 5.10 Å². The van der Waals surface area contributed by atoms with Crippen LogP contribution >= 0.6 is 0 Å². The second kappa shape index (κ2) is 7.93. The van der Waals surface area contributed by atoms with E-state index in [1.807, 2.05) is 0 Å². The number of hydrogen-bond donors (Lipinski definition) is 1. The number of fused-ring (bicyclic) bond motifs is 1. The van der Waals surface area contributed by atoms with E-state index in [-0.39, 0.29) is 11.9 Å². The number of nitrogens with one attached hydrogen (secondary N) is 1. The minimum atomic E-state index is 0.118. The Bertz CT molecular complexity index is 535. The Morgan fingerprint density at radius 1 is 1.30 bits per heavy atom. The second-order valence-electron chi connectivity index (χ2n) is 6.35. The predicted octanol–water partition coefficient (Wildman–Crippen LogP) is 1.59. The van der Waals surface area contributed by atoms with Gasteiger partial charge >= 0.3 is 0 Å². The Morgan fingerprint density at radius 2 is 2.13 bits per heavy atom. The molecule has 1 N–H and O–H groups in total. The maximum atomic E-state index is 12.2. The molecule has 23 heavy (non-hydrogen) atoms. The molecule has 1 aromatic heterocycles. The van der Waals surface area contributed by atoms with E-state index in [1.54, 1.807) is 0 Å². The van der Waals surface area contributed by atoms with Crippen LogP contribution in [0.1, 0.15) is 49.6 Å². The largest absolute Gasteiger partial charge is 0.381 e. The maximum absolute atomic E-state index is 12.2. The highest BCUT2D eigenvalue weighted by atomic mass is 16.5. The summed E-state index contributed by atoms with van der Waals surface area (Å²) >= 11 is 0. The van der Waals surface area contributed by atoms with Crippen molar-refractivity contribution >= 4 is 5.91 Å². The number of carbonyl (C=O) groups excluding carboxylic acids is 1. The Morgan fingerprint density at radius 3 is 2.91 bits per heavy atom. The van der Waals surface area contributed by atoms with Gasteiger partial charge in [-0.3, -0.25) is 9.48 Å². The van der Waals surface area contributed by atoms with Crippen molar-refractivity contribution in [2.24, 2.45) is 0 Å². The lowest BCUT2D eigenvalue weighted by Crippen LogP contribution is -2.39. The number of amides is 1. The number of carbonyl (C=O) groups is 1. The van der Waals surface area contributed by atoms with Crippen LogP contribution in [-0.2, 0) is 40.3 Å². The molecule has 128 valence electrons. The predicted molar refractivity (Wildman–Crippen MR) is 86.2 cm³/mol. The van der Waals surface area contributed by atoms with Gasteiger partial charge in [-0.1, -0.05) is 6.92 Å². The van der Waals surface area contributed by atoms with E-state index >= 15 is 0 Å². The monoisotopic (exact) mass is 321 g/mol. The molecule has 0 atom stereocenters. The summed E-state index contributed by atoms with van der Waals surface area (Å²) in [5, 5.41) is 7.85. The van der Waals surface area contributed by atoms with Crippen molar-refractivity contribution < 1.29 is 14.3 Å². The van der Waals surface area contributed by atoms with Gasteiger partial charge in [0, 0.05) is 56.3 Å². The number of ether oxygens (including phenoxy) is 2. The lowest BCUT2D eigenvalue weighted by molar-refractivity contribution is -0.122. The molecular weight excluding hydrogens is 294 g/mol. The molecule has 1 amide bonds. The van der Waals surface area contributed by atoms with Gasteiger partial charge in [0.25, 0.3) is 0 Å². The van der Waals surface area contributed by atoms with E-state index in [0.29, 0.717) is 19.4 Å². The third kappa shape index (κ3) is 4.12. The number of hydrogen-bond acceptors (Lipinski definition) is 4. The van der Waals surface area contributed by atoms with Crippen LogP contribution in [0.2, 0.25) is 0 Å². The minimum Gasteiger partial charge on any atom is -0.381 e. The zero-order chi connectivity index (χ0) is 16.1. The molecule has 3 heterocycles. The zero-order valence-corrected chi connectivity index (χ0v) is 14.0. The SMILES string of the molecule is CCCn1nc(CCC(=O)NC2CCOCC2)c2c1CCOC2. The van der Waals surface area contributed by atoms with Gasteiger partial charge < -0.3 is 14.8 Å². The smallest absolute Gasteiger partial charge is 0.220 e. The molecule has 6 nitrogen and oxygen atoms in total. The number of aryl methyl sites for hydroxylation is 2. The number of aromatic nitrogens is 2. The molecule has 2 aliphatic rings. The van der Waals surface area contributed by atoms with Crippen molar-refractivity contribution in [3.63, 3.8) is 0 Å². The lowest BCUT2D eigenvalue weighted by Gasteiger charge is -2.23. The molecule has 0 aromatic carbocycles. The summed E-state index contributed by atoms with van der Waals surface area (Å²) in [5.74, 6) is 0.118. The summed E-state index contributed by atoms with van der Waals surface area (Å²) in [6.45, 7) is 6.00. The van der Waals surface area contributed by atoms with Crippen molar-refractivity contribution in [1.82, 2.24) is 15.1 Å². The highest BCUT2D eigenvalue weighted by Gasteiger charge is 2.22. The highest BCUT2D eigenvalue weighted by molar-refractivity contribution is 5.76. The molecule has 0 spiro atoms. The van der Waals surface area contributed by atoms with Crippen LogP contribution in [0, 0.1) is 0 Å². The van der Waals surface area contributed by atoms with Crippen LogP contribution in [0.15, 0.2) is 0 Å². The van der Waals surface area contributed by atoms with E-state index in [4.69, 9.17) is 14.6 Å². The summed E-state index contributed by atoms with van der Waals surface area (Å²) in [5.41, 5.74) is 3.55. The van der Waals surface area contributed by atoms with Gasteiger partial charge in [-0.15, -0.1) is 0 Å². The number of nitrogens with zero attached hydrogens (tertiary/aromatic N) is 2. The van der Waals surface area contributed by atoms with E-state index in [0.717, 1.165) is 57.7 Å². The molecule has 0 saturated carbocycles. The fraction of sp³-hybridized carbons (Fsp3) is 0.765. The summed E-state index contributed by atoms with van der Waals surface area (Å²) in [6, 6.07) is 0.270. The topological polar surface area (TPSA) is 65.4 Å². The average Bonchev–Trinajstić information content (AvgIpc) is 2.93. The van der Waals surface area contributed by atoms with Gasteiger partial charge in [-0.05, 0) is 19.3 Å². The summed E-state index contributed by atoms with van der Waals surface area (Å²) in [4.78, 5) is 12.2. The molecule has 3 rings (SSSR count). The van der Waals surface area contributed by atoms with E-state index in [9.17, 15) is 4.79 Å². The van der Waals surface area contributed by atoms with Crippen molar-refractivity contribution in [1.29, 1.82) is 0 Å². The average molecular weight is 321 g/mol. The van der Waals surface area contributed by atoms with Gasteiger partial charge in [-0.25, -0.2) is 0 Å². The van der Waals surface area contributed by atoms with Crippen LogP contribution in [0.5, 0.6) is 0 Å². The van der Waals surface area contributed by atoms with Crippen molar-refractivity contribution in [3.05, 3.63) is 17.0 Å². The Kier molecular flexibility index (Phi) is 5.67. The normalized spacial score (nSPS) is 18.7. The standard InChI is InChI=1S/C17H27N3O3/c1-2-8-20-16-7-11-23-12-14(16)15(19-20)3-4-17(21)18-13-5-9-22-10-6-13/h13H,2-12H2,1H3,(H,18,21).